The first-order chi connectivity index (χ1) is 9.10. The van der Waals surface area contributed by atoms with Gasteiger partial charge in [-0.15, -0.1) is 0 Å². The Morgan fingerprint density at radius 1 is 1.26 bits per heavy atom. The summed E-state index contributed by atoms with van der Waals surface area (Å²) in [5.41, 5.74) is 7.55. The minimum absolute atomic E-state index is 0.0193. The number of aliphatic hydroxyl groups excluding tert-OH is 1. The molecular weight excluding hydrogens is 262 g/mol. The van der Waals surface area contributed by atoms with Crippen LogP contribution >= 0.6 is 11.6 Å². The van der Waals surface area contributed by atoms with E-state index >= 15 is 0 Å². The monoisotopic (exact) mass is 277 g/mol. The molecule has 0 aliphatic carbocycles. The van der Waals surface area contributed by atoms with Gasteiger partial charge in [0.05, 0.1) is 11.6 Å². The highest BCUT2D eigenvalue weighted by Crippen LogP contribution is 2.31. The van der Waals surface area contributed by atoms with E-state index in [0.717, 1.165) is 11.1 Å². The summed E-state index contributed by atoms with van der Waals surface area (Å²) >= 11 is 6.17. The van der Waals surface area contributed by atoms with Gasteiger partial charge in [-0.2, -0.15) is 0 Å². The molecule has 2 rings (SSSR count). The van der Waals surface area contributed by atoms with Crippen LogP contribution in [0.5, 0.6) is 11.5 Å². The zero-order valence-electron chi connectivity index (χ0n) is 10.6. The van der Waals surface area contributed by atoms with E-state index in [1.54, 1.807) is 18.2 Å². The van der Waals surface area contributed by atoms with Crippen LogP contribution in [-0.4, -0.2) is 5.11 Å². The van der Waals surface area contributed by atoms with Crippen molar-refractivity contribution in [2.75, 3.05) is 0 Å². The molecule has 0 aliphatic rings. The van der Waals surface area contributed by atoms with Gasteiger partial charge in [0.1, 0.15) is 11.5 Å². The SMILES string of the molecule is CC(N)c1ccc(Oc2cccc(CO)c2)c(Cl)c1. The predicted molar refractivity (Wildman–Crippen MR) is 76.5 cm³/mol. The Kier molecular flexibility index (Phi) is 4.43. The van der Waals surface area contributed by atoms with Gasteiger partial charge in [0.25, 0.3) is 0 Å². The Hall–Kier alpha value is -1.55. The maximum absolute atomic E-state index is 9.08. The smallest absolute Gasteiger partial charge is 0.146 e. The fraction of sp³-hybridized carbons (Fsp3) is 0.200. The molecule has 0 radical (unpaired) electrons. The third kappa shape index (κ3) is 3.47. The van der Waals surface area contributed by atoms with Gasteiger partial charge >= 0.3 is 0 Å². The summed E-state index contributed by atoms with van der Waals surface area (Å²) in [6.07, 6.45) is 0. The topological polar surface area (TPSA) is 55.5 Å². The second kappa shape index (κ2) is 6.06. The number of nitrogens with two attached hydrogens (primary N) is 1. The molecule has 1 unspecified atom stereocenters. The van der Waals surface area contributed by atoms with E-state index in [1.807, 2.05) is 31.2 Å². The van der Waals surface area contributed by atoms with E-state index in [-0.39, 0.29) is 12.6 Å². The molecule has 100 valence electrons. The minimum Gasteiger partial charge on any atom is -0.456 e. The van der Waals surface area contributed by atoms with Gasteiger partial charge in [-0.25, -0.2) is 0 Å². The van der Waals surface area contributed by atoms with Gasteiger partial charge in [0, 0.05) is 6.04 Å². The lowest BCUT2D eigenvalue weighted by molar-refractivity contribution is 0.281. The van der Waals surface area contributed by atoms with Gasteiger partial charge in [-0.1, -0.05) is 29.8 Å². The molecular formula is C15H16ClNO2. The van der Waals surface area contributed by atoms with Gasteiger partial charge in [-0.05, 0) is 42.3 Å². The summed E-state index contributed by atoms with van der Waals surface area (Å²) in [5.74, 6) is 1.21. The number of ether oxygens (including phenoxy) is 1. The molecule has 2 aromatic carbocycles. The van der Waals surface area contributed by atoms with E-state index in [4.69, 9.17) is 27.2 Å². The summed E-state index contributed by atoms with van der Waals surface area (Å²) in [7, 11) is 0. The van der Waals surface area contributed by atoms with Crippen LogP contribution in [0.25, 0.3) is 0 Å². The van der Waals surface area contributed by atoms with E-state index in [9.17, 15) is 0 Å². The van der Waals surface area contributed by atoms with Crippen LogP contribution in [0, 0.1) is 0 Å². The molecule has 0 aliphatic heterocycles. The van der Waals surface area contributed by atoms with E-state index in [2.05, 4.69) is 0 Å². The highest BCUT2D eigenvalue weighted by atomic mass is 35.5. The average Bonchev–Trinajstić information content (AvgIpc) is 2.41. The maximum Gasteiger partial charge on any atom is 0.146 e. The van der Waals surface area contributed by atoms with Crippen LogP contribution in [0.15, 0.2) is 42.5 Å². The van der Waals surface area contributed by atoms with Crippen molar-refractivity contribution in [2.45, 2.75) is 19.6 Å². The molecule has 0 saturated heterocycles. The molecule has 0 spiro atoms. The Morgan fingerprint density at radius 2 is 2.05 bits per heavy atom. The summed E-state index contributed by atoms with van der Waals surface area (Å²) in [6.45, 7) is 1.88. The second-order valence-corrected chi connectivity index (χ2v) is 4.79. The summed E-state index contributed by atoms with van der Waals surface area (Å²) in [5, 5.41) is 9.60. The molecule has 0 amide bonds. The van der Waals surface area contributed by atoms with E-state index < -0.39 is 0 Å². The first kappa shape index (κ1) is 13.9. The summed E-state index contributed by atoms with van der Waals surface area (Å²) < 4.78 is 5.70. The number of aliphatic hydroxyl groups is 1. The van der Waals surface area contributed by atoms with Crippen molar-refractivity contribution in [1.82, 2.24) is 0 Å². The van der Waals surface area contributed by atoms with E-state index in [1.165, 1.54) is 0 Å². The quantitative estimate of drug-likeness (QED) is 0.897. The molecule has 19 heavy (non-hydrogen) atoms. The lowest BCUT2D eigenvalue weighted by Gasteiger charge is -2.11. The Bertz CT molecular complexity index is 570. The van der Waals surface area contributed by atoms with Gasteiger partial charge in [-0.3, -0.25) is 0 Å². The minimum atomic E-state index is -0.0655. The highest BCUT2D eigenvalue weighted by molar-refractivity contribution is 6.32. The van der Waals surface area contributed by atoms with Crippen LogP contribution < -0.4 is 10.5 Å². The van der Waals surface area contributed by atoms with Crippen LogP contribution in [0.3, 0.4) is 0 Å². The third-order valence-electron chi connectivity index (χ3n) is 2.79. The third-order valence-corrected chi connectivity index (χ3v) is 3.09. The number of hydrogen-bond donors (Lipinski definition) is 2. The fourth-order valence-corrected chi connectivity index (χ4v) is 1.94. The highest BCUT2D eigenvalue weighted by Gasteiger charge is 2.07. The molecule has 0 saturated carbocycles. The van der Waals surface area contributed by atoms with Crippen molar-refractivity contribution in [3.63, 3.8) is 0 Å². The Labute approximate surface area is 117 Å². The first-order valence-electron chi connectivity index (χ1n) is 6.03. The van der Waals surface area contributed by atoms with Crippen molar-refractivity contribution >= 4 is 11.6 Å². The Balaban J connectivity index is 2.23. The largest absolute Gasteiger partial charge is 0.456 e. The zero-order valence-corrected chi connectivity index (χ0v) is 11.4. The number of benzene rings is 2. The van der Waals surface area contributed by atoms with Crippen LogP contribution in [0.1, 0.15) is 24.1 Å². The summed E-state index contributed by atoms with van der Waals surface area (Å²) in [6, 6.07) is 12.7. The molecule has 0 fully saturated rings. The van der Waals surface area contributed by atoms with Crippen LogP contribution in [-0.2, 0) is 6.61 Å². The van der Waals surface area contributed by atoms with Crippen molar-refractivity contribution < 1.29 is 9.84 Å². The van der Waals surface area contributed by atoms with Crippen molar-refractivity contribution in [2.24, 2.45) is 5.73 Å². The molecule has 1 atom stereocenters. The number of rotatable bonds is 4. The van der Waals surface area contributed by atoms with Gasteiger partial charge < -0.3 is 15.6 Å². The predicted octanol–water partition coefficient (Wildman–Crippen LogP) is 3.64. The Morgan fingerprint density at radius 3 is 2.68 bits per heavy atom. The normalized spacial score (nSPS) is 12.2. The molecule has 0 aromatic heterocycles. The second-order valence-electron chi connectivity index (χ2n) is 4.39. The average molecular weight is 278 g/mol. The lowest BCUT2D eigenvalue weighted by Crippen LogP contribution is -2.04. The van der Waals surface area contributed by atoms with Gasteiger partial charge in [0.2, 0.25) is 0 Å². The standard InChI is InChI=1S/C15H16ClNO2/c1-10(17)12-5-6-15(14(16)8-12)19-13-4-2-3-11(7-13)9-18/h2-8,10,18H,9,17H2,1H3. The fourth-order valence-electron chi connectivity index (χ4n) is 1.72. The van der Waals surface area contributed by atoms with Crippen molar-refractivity contribution in [1.29, 1.82) is 0 Å². The van der Waals surface area contributed by atoms with Crippen molar-refractivity contribution in [3.8, 4) is 11.5 Å². The molecule has 0 bridgehead atoms. The molecule has 3 N–H and O–H groups in total. The zero-order chi connectivity index (χ0) is 13.8. The molecule has 2 aromatic rings. The lowest BCUT2D eigenvalue weighted by atomic mass is 10.1. The van der Waals surface area contributed by atoms with Crippen molar-refractivity contribution in [3.05, 3.63) is 58.6 Å². The maximum atomic E-state index is 9.08. The van der Waals surface area contributed by atoms with Gasteiger partial charge in [0.15, 0.2) is 0 Å². The number of halogens is 1. The number of hydrogen-bond acceptors (Lipinski definition) is 3. The molecule has 4 heteroatoms. The molecule has 3 nitrogen and oxygen atoms in total. The summed E-state index contributed by atoms with van der Waals surface area (Å²) in [4.78, 5) is 0. The molecule has 0 heterocycles. The van der Waals surface area contributed by atoms with Crippen LogP contribution in [0.2, 0.25) is 5.02 Å². The van der Waals surface area contributed by atoms with E-state index in [0.29, 0.717) is 16.5 Å². The van der Waals surface area contributed by atoms with Crippen LogP contribution in [0.4, 0.5) is 0 Å². The first-order valence-corrected chi connectivity index (χ1v) is 6.40.